The van der Waals surface area contributed by atoms with Crippen LogP contribution in [0, 0.1) is 24.4 Å². The Bertz CT molecular complexity index is 590. The maximum atomic E-state index is 13.6. The molecule has 1 aromatic carbocycles. The Hall–Kier alpha value is -2.02. The lowest BCUT2D eigenvalue weighted by atomic mass is 10.3. The van der Waals surface area contributed by atoms with Gasteiger partial charge < -0.3 is 14.6 Å². The molecule has 108 valence electrons. The molecule has 0 aliphatic carbocycles. The molecule has 4 nitrogen and oxygen atoms in total. The molecule has 20 heavy (non-hydrogen) atoms. The minimum absolute atomic E-state index is 0.268. The summed E-state index contributed by atoms with van der Waals surface area (Å²) in [6.07, 6.45) is 1.72. The Morgan fingerprint density at radius 3 is 2.50 bits per heavy atom. The van der Waals surface area contributed by atoms with Gasteiger partial charge in [-0.15, -0.1) is 0 Å². The van der Waals surface area contributed by atoms with Gasteiger partial charge in [0.15, 0.2) is 11.6 Å². The van der Waals surface area contributed by atoms with Gasteiger partial charge in [0, 0.05) is 32.0 Å². The molecule has 0 radical (unpaired) electrons. The van der Waals surface area contributed by atoms with Gasteiger partial charge in [-0.2, -0.15) is 0 Å². The van der Waals surface area contributed by atoms with Gasteiger partial charge in [0.1, 0.15) is 11.5 Å². The first-order valence-electron chi connectivity index (χ1n) is 5.95. The maximum Gasteiger partial charge on any atom is 0.207 e. The molecule has 0 saturated heterocycles. The fourth-order valence-electron chi connectivity index (χ4n) is 1.78. The van der Waals surface area contributed by atoms with Crippen molar-refractivity contribution < 1.29 is 17.9 Å². The van der Waals surface area contributed by atoms with Gasteiger partial charge in [-0.3, -0.25) is 0 Å². The molecule has 0 amide bonds. The summed E-state index contributed by atoms with van der Waals surface area (Å²) in [5, 5.41) is 2.55. The number of imidazole rings is 1. The third kappa shape index (κ3) is 3.11. The van der Waals surface area contributed by atoms with Crippen molar-refractivity contribution in [3.05, 3.63) is 41.5 Å². The Morgan fingerprint density at radius 1 is 1.25 bits per heavy atom. The lowest BCUT2D eigenvalue weighted by Crippen LogP contribution is -2.09. The number of rotatable bonds is 5. The molecule has 7 heteroatoms. The van der Waals surface area contributed by atoms with Crippen LogP contribution in [0.4, 0.5) is 24.8 Å². The lowest BCUT2D eigenvalue weighted by molar-refractivity contribution is 0.188. The van der Waals surface area contributed by atoms with E-state index in [9.17, 15) is 13.2 Å². The van der Waals surface area contributed by atoms with Gasteiger partial charge in [-0.05, 0) is 6.92 Å². The SMILES string of the molecule is COCCn1cc(C)nc1Nc1c(F)cc(F)cc1F. The van der Waals surface area contributed by atoms with Crippen LogP contribution in [0.3, 0.4) is 0 Å². The number of halogens is 3. The Balaban J connectivity index is 2.30. The number of nitrogens with one attached hydrogen (secondary N) is 1. The molecule has 2 rings (SSSR count). The second-order valence-electron chi connectivity index (χ2n) is 4.26. The van der Waals surface area contributed by atoms with Gasteiger partial charge in [0.25, 0.3) is 0 Å². The van der Waals surface area contributed by atoms with Crippen LogP contribution in [0.25, 0.3) is 0 Å². The van der Waals surface area contributed by atoms with Crippen molar-refractivity contribution in [2.24, 2.45) is 0 Å². The fourth-order valence-corrected chi connectivity index (χ4v) is 1.78. The van der Waals surface area contributed by atoms with E-state index in [1.54, 1.807) is 24.8 Å². The van der Waals surface area contributed by atoms with Crippen molar-refractivity contribution >= 4 is 11.6 Å². The predicted molar refractivity (Wildman–Crippen MR) is 68.4 cm³/mol. The summed E-state index contributed by atoms with van der Waals surface area (Å²) in [7, 11) is 1.55. The van der Waals surface area contributed by atoms with Gasteiger partial charge in [-0.25, -0.2) is 18.2 Å². The smallest absolute Gasteiger partial charge is 0.207 e. The summed E-state index contributed by atoms with van der Waals surface area (Å²) >= 11 is 0. The summed E-state index contributed by atoms with van der Waals surface area (Å²) in [5.41, 5.74) is 0.252. The first kappa shape index (κ1) is 14.4. The van der Waals surface area contributed by atoms with Crippen LogP contribution >= 0.6 is 0 Å². The number of ether oxygens (including phenoxy) is 1. The van der Waals surface area contributed by atoms with Gasteiger partial charge in [0.05, 0.1) is 12.3 Å². The maximum absolute atomic E-state index is 13.6. The molecule has 0 bridgehead atoms. The van der Waals surface area contributed by atoms with Gasteiger partial charge >= 0.3 is 0 Å². The summed E-state index contributed by atoms with van der Waals surface area (Å²) in [6.45, 7) is 2.66. The van der Waals surface area contributed by atoms with Gasteiger partial charge in [-0.1, -0.05) is 0 Å². The van der Waals surface area contributed by atoms with E-state index in [2.05, 4.69) is 10.3 Å². The number of aryl methyl sites for hydroxylation is 1. The largest absolute Gasteiger partial charge is 0.383 e. The predicted octanol–water partition coefficient (Wildman–Crippen LogP) is 3.00. The molecule has 2 aromatic rings. The molecule has 0 aliphatic rings. The first-order valence-corrected chi connectivity index (χ1v) is 5.95. The topological polar surface area (TPSA) is 39.1 Å². The highest BCUT2D eigenvalue weighted by atomic mass is 19.1. The van der Waals surface area contributed by atoms with Crippen LogP contribution in [0.1, 0.15) is 5.69 Å². The average molecular weight is 285 g/mol. The third-order valence-corrected chi connectivity index (χ3v) is 2.68. The van der Waals surface area contributed by atoms with Crippen LogP contribution in [0.5, 0.6) is 0 Å². The van der Waals surface area contributed by atoms with E-state index >= 15 is 0 Å². The fraction of sp³-hybridized carbons (Fsp3) is 0.308. The molecule has 0 fully saturated rings. The van der Waals surface area contributed by atoms with E-state index in [-0.39, 0.29) is 5.95 Å². The highest BCUT2D eigenvalue weighted by Crippen LogP contribution is 2.24. The molecule has 0 aliphatic heterocycles. The summed E-state index contributed by atoms with van der Waals surface area (Å²) in [5.74, 6) is -2.73. The van der Waals surface area contributed by atoms with Crippen molar-refractivity contribution in [2.75, 3.05) is 19.0 Å². The van der Waals surface area contributed by atoms with Crippen LogP contribution < -0.4 is 5.32 Å². The first-order chi connectivity index (χ1) is 9.51. The zero-order valence-electron chi connectivity index (χ0n) is 11.1. The van der Waals surface area contributed by atoms with Crippen molar-refractivity contribution in [3.63, 3.8) is 0 Å². The number of benzene rings is 1. The molecule has 0 saturated carbocycles. The Morgan fingerprint density at radius 2 is 1.90 bits per heavy atom. The van der Waals surface area contributed by atoms with Crippen molar-refractivity contribution in [3.8, 4) is 0 Å². The molecule has 0 atom stereocenters. The van der Waals surface area contributed by atoms with E-state index in [1.807, 2.05) is 0 Å². The highest BCUT2D eigenvalue weighted by Gasteiger charge is 2.14. The number of nitrogens with zero attached hydrogens (tertiary/aromatic N) is 2. The Kier molecular flexibility index (Phi) is 4.29. The number of anilines is 2. The number of hydrogen-bond donors (Lipinski definition) is 1. The molecular formula is C13H14F3N3O. The number of aromatic nitrogens is 2. The van der Waals surface area contributed by atoms with E-state index < -0.39 is 23.1 Å². The standard InChI is InChI=1S/C13H14F3N3O/c1-8-7-19(3-4-20-2)13(17-8)18-12-10(15)5-9(14)6-11(12)16/h5-7H,3-4H2,1-2H3,(H,17,18). The summed E-state index contributed by atoms with van der Waals surface area (Å²) in [6, 6.07) is 1.22. The third-order valence-electron chi connectivity index (χ3n) is 2.68. The highest BCUT2D eigenvalue weighted by molar-refractivity contribution is 5.55. The van der Waals surface area contributed by atoms with Crippen LogP contribution in [-0.4, -0.2) is 23.3 Å². The second-order valence-corrected chi connectivity index (χ2v) is 4.26. The summed E-state index contributed by atoms with van der Waals surface area (Å²) < 4.78 is 46.6. The molecule has 1 N–H and O–H groups in total. The van der Waals surface area contributed by atoms with Crippen LogP contribution in [0.15, 0.2) is 18.3 Å². The monoisotopic (exact) mass is 285 g/mol. The van der Waals surface area contributed by atoms with Crippen LogP contribution in [0.2, 0.25) is 0 Å². The molecule has 1 heterocycles. The lowest BCUT2D eigenvalue weighted by Gasteiger charge is -2.10. The van der Waals surface area contributed by atoms with Crippen molar-refractivity contribution in [2.45, 2.75) is 13.5 Å². The van der Waals surface area contributed by atoms with Crippen molar-refractivity contribution in [1.82, 2.24) is 9.55 Å². The van der Waals surface area contributed by atoms with E-state index in [4.69, 9.17) is 4.74 Å². The van der Waals surface area contributed by atoms with E-state index in [0.29, 0.717) is 31.0 Å². The molecule has 0 spiro atoms. The number of methoxy groups -OCH3 is 1. The zero-order valence-corrected chi connectivity index (χ0v) is 11.1. The minimum Gasteiger partial charge on any atom is -0.383 e. The molecular weight excluding hydrogens is 271 g/mol. The second kappa shape index (κ2) is 5.96. The number of hydrogen-bond acceptors (Lipinski definition) is 3. The zero-order chi connectivity index (χ0) is 14.7. The van der Waals surface area contributed by atoms with E-state index in [0.717, 1.165) is 0 Å². The van der Waals surface area contributed by atoms with Crippen molar-refractivity contribution in [1.29, 1.82) is 0 Å². The summed E-state index contributed by atoms with van der Waals surface area (Å²) in [4.78, 5) is 4.13. The van der Waals surface area contributed by atoms with Gasteiger partial charge in [0.2, 0.25) is 5.95 Å². The molecule has 1 aromatic heterocycles. The normalized spacial score (nSPS) is 10.8. The quantitative estimate of drug-likeness (QED) is 0.918. The molecule has 0 unspecified atom stereocenters. The average Bonchev–Trinajstić information content (AvgIpc) is 2.71. The van der Waals surface area contributed by atoms with E-state index in [1.165, 1.54) is 0 Å². The van der Waals surface area contributed by atoms with Crippen LogP contribution in [-0.2, 0) is 11.3 Å². The Labute approximate surface area is 114 Å². The minimum atomic E-state index is -1.01.